The van der Waals surface area contributed by atoms with E-state index in [-0.39, 0.29) is 6.04 Å². The smallest absolute Gasteiger partial charge is 0.161 e. The lowest BCUT2D eigenvalue weighted by molar-refractivity contribution is 0.354. The molecule has 1 N–H and O–H groups in total. The normalized spacial score (nSPS) is 12.2. The van der Waals surface area contributed by atoms with E-state index in [2.05, 4.69) is 39.6 Å². The monoisotopic (exact) mass is 369 g/mol. The van der Waals surface area contributed by atoms with Gasteiger partial charge in [0.25, 0.3) is 0 Å². The molecule has 0 bridgehead atoms. The highest BCUT2D eigenvalue weighted by atomic mass is 79.9. The van der Waals surface area contributed by atoms with E-state index in [0.29, 0.717) is 0 Å². The molecule has 1 heterocycles. The zero-order valence-electron chi connectivity index (χ0n) is 12.7. The van der Waals surface area contributed by atoms with Gasteiger partial charge in [0.2, 0.25) is 0 Å². The molecule has 3 nitrogen and oxygen atoms in total. The third kappa shape index (κ3) is 3.25. The maximum atomic E-state index is 5.43. The van der Waals surface area contributed by atoms with Gasteiger partial charge >= 0.3 is 0 Å². The number of methoxy groups -OCH3 is 2. The molecule has 0 aliphatic heterocycles. The number of thiophene rings is 1. The highest BCUT2D eigenvalue weighted by Crippen LogP contribution is 2.39. The number of nitrogens with one attached hydrogen (secondary N) is 1. The molecular weight excluding hydrogens is 350 g/mol. The van der Waals surface area contributed by atoms with E-state index in [9.17, 15) is 0 Å². The molecule has 0 amide bonds. The quantitative estimate of drug-likeness (QED) is 0.818. The molecule has 0 spiro atoms. The fourth-order valence-electron chi connectivity index (χ4n) is 2.41. The topological polar surface area (TPSA) is 30.5 Å². The number of halogens is 1. The van der Waals surface area contributed by atoms with Gasteiger partial charge in [-0.25, -0.2) is 0 Å². The third-order valence-corrected chi connectivity index (χ3v) is 5.24. The van der Waals surface area contributed by atoms with E-state index in [1.54, 1.807) is 25.6 Å². The van der Waals surface area contributed by atoms with Crippen molar-refractivity contribution in [3.05, 3.63) is 44.1 Å². The molecule has 5 heteroatoms. The van der Waals surface area contributed by atoms with Crippen LogP contribution in [0.3, 0.4) is 0 Å². The Morgan fingerprint density at radius 1 is 1.24 bits per heavy atom. The molecular formula is C16H20BrNO2S. The molecule has 114 valence electrons. The molecule has 0 radical (unpaired) electrons. The SMILES string of the molecule is CCc1ccsc1C(NC)c1cc(OC)c(OC)cc1Br. The van der Waals surface area contributed by atoms with Crippen LogP contribution < -0.4 is 14.8 Å². The molecule has 1 unspecified atom stereocenters. The van der Waals surface area contributed by atoms with Gasteiger partial charge < -0.3 is 14.8 Å². The first-order chi connectivity index (χ1) is 10.2. The molecule has 1 atom stereocenters. The van der Waals surface area contributed by atoms with Crippen molar-refractivity contribution in [2.45, 2.75) is 19.4 Å². The Morgan fingerprint density at radius 2 is 1.90 bits per heavy atom. The summed E-state index contributed by atoms with van der Waals surface area (Å²) in [6.45, 7) is 2.18. The van der Waals surface area contributed by atoms with Crippen LogP contribution in [0.5, 0.6) is 11.5 Å². The van der Waals surface area contributed by atoms with E-state index >= 15 is 0 Å². The first kappa shape index (κ1) is 16.3. The molecule has 2 rings (SSSR count). The summed E-state index contributed by atoms with van der Waals surface area (Å²) in [6, 6.07) is 6.31. The second-order valence-electron chi connectivity index (χ2n) is 4.61. The summed E-state index contributed by atoms with van der Waals surface area (Å²) in [5, 5.41) is 5.56. The Morgan fingerprint density at radius 3 is 2.48 bits per heavy atom. The first-order valence-electron chi connectivity index (χ1n) is 6.81. The molecule has 0 aliphatic carbocycles. The maximum Gasteiger partial charge on any atom is 0.161 e. The van der Waals surface area contributed by atoms with Crippen LogP contribution in [0.1, 0.15) is 29.0 Å². The predicted octanol–water partition coefficient (Wildman–Crippen LogP) is 4.40. The van der Waals surface area contributed by atoms with Crippen molar-refractivity contribution in [3.63, 3.8) is 0 Å². The van der Waals surface area contributed by atoms with Crippen molar-refractivity contribution >= 4 is 27.3 Å². The van der Waals surface area contributed by atoms with Crippen molar-refractivity contribution in [1.29, 1.82) is 0 Å². The van der Waals surface area contributed by atoms with Crippen LogP contribution >= 0.6 is 27.3 Å². The minimum absolute atomic E-state index is 0.133. The van der Waals surface area contributed by atoms with Crippen molar-refractivity contribution in [1.82, 2.24) is 5.32 Å². The zero-order chi connectivity index (χ0) is 15.4. The van der Waals surface area contributed by atoms with Crippen LogP contribution in [-0.2, 0) is 6.42 Å². The molecule has 0 saturated carbocycles. The van der Waals surface area contributed by atoms with Gasteiger partial charge in [-0.15, -0.1) is 11.3 Å². The summed E-state index contributed by atoms with van der Waals surface area (Å²) < 4.78 is 11.8. The van der Waals surface area contributed by atoms with Crippen LogP contribution in [-0.4, -0.2) is 21.3 Å². The molecule has 0 fully saturated rings. The number of rotatable bonds is 6. The van der Waals surface area contributed by atoms with Gasteiger partial charge in [0.1, 0.15) is 0 Å². The Bertz CT molecular complexity index is 612. The summed E-state index contributed by atoms with van der Waals surface area (Å²) in [5.74, 6) is 1.47. The summed E-state index contributed by atoms with van der Waals surface area (Å²) in [5.41, 5.74) is 2.52. The second-order valence-corrected chi connectivity index (χ2v) is 6.42. The number of benzene rings is 1. The lowest BCUT2D eigenvalue weighted by Gasteiger charge is -2.20. The number of hydrogen-bond donors (Lipinski definition) is 1. The molecule has 2 aromatic rings. The van der Waals surface area contributed by atoms with Gasteiger partial charge in [0, 0.05) is 9.35 Å². The molecule has 21 heavy (non-hydrogen) atoms. The second kappa shape index (κ2) is 7.29. The van der Waals surface area contributed by atoms with E-state index in [1.165, 1.54) is 10.4 Å². The van der Waals surface area contributed by atoms with Crippen LogP contribution in [0.25, 0.3) is 0 Å². The largest absolute Gasteiger partial charge is 0.493 e. The Kier molecular flexibility index (Phi) is 5.67. The molecule has 1 aromatic carbocycles. The van der Waals surface area contributed by atoms with Crippen molar-refractivity contribution < 1.29 is 9.47 Å². The minimum atomic E-state index is 0.133. The molecule has 1 aromatic heterocycles. The highest BCUT2D eigenvalue weighted by Gasteiger charge is 2.21. The van der Waals surface area contributed by atoms with Gasteiger partial charge in [0.15, 0.2) is 11.5 Å². The van der Waals surface area contributed by atoms with E-state index in [0.717, 1.165) is 28.0 Å². The maximum absolute atomic E-state index is 5.43. The number of ether oxygens (including phenoxy) is 2. The standard InChI is InChI=1S/C16H20BrNO2S/c1-5-10-6-7-21-16(10)15(18-2)11-8-13(19-3)14(20-4)9-12(11)17/h6-9,15,18H,5H2,1-4H3. The lowest BCUT2D eigenvalue weighted by Crippen LogP contribution is -2.18. The average molecular weight is 370 g/mol. The lowest BCUT2D eigenvalue weighted by atomic mass is 10.0. The molecule has 0 aliphatic rings. The van der Waals surface area contributed by atoms with Gasteiger partial charge in [0.05, 0.1) is 20.3 Å². The van der Waals surface area contributed by atoms with Gasteiger partial charge in [-0.1, -0.05) is 22.9 Å². The Labute approximate surface area is 138 Å². The van der Waals surface area contributed by atoms with Crippen molar-refractivity contribution in [2.75, 3.05) is 21.3 Å². The van der Waals surface area contributed by atoms with Crippen molar-refractivity contribution in [3.8, 4) is 11.5 Å². The molecule has 0 saturated heterocycles. The van der Waals surface area contributed by atoms with Crippen LogP contribution in [0.15, 0.2) is 28.1 Å². The van der Waals surface area contributed by atoms with Crippen LogP contribution in [0.2, 0.25) is 0 Å². The van der Waals surface area contributed by atoms with E-state index in [1.807, 2.05) is 19.2 Å². The first-order valence-corrected chi connectivity index (χ1v) is 8.48. The van der Waals surface area contributed by atoms with Crippen molar-refractivity contribution in [2.24, 2.45) is 0 Å². The zero-order valence-corrected chi connectivity index (χ0v) is 15.1. The van der Waals surface area contributed by atoms with Crippen LogP contribution in [0.4, 0.5) is 0 Å². The fourth-order valence-corrected chi connectivity index (χ4v) is 4.09. The number of aryl methyl sites for hydroxylation is 1. The summed E-state index contributed by atoms with van der Waals surface area (Å²) in [7, 11) is 5.29. The summed E-state index contributed by atoms with van der Waals surface area (Å²) in [6.07, 6.45) is 1.03. The summed E-state index contributed by atoms with van der Waals surface area (Å²) in [4.78, 5) is 1.34. The fraction of sp³-hybridized carbons (Fsp3) is 0.375. The Hall–Kier alpha value is -1.04. The predicted molar refractivity (Wildman–Crippen MR) is 91.8 cm³/mol. The minimum Gasteiger partial charge on any atom is -0.493 e. The van der Waals surface area contributed by atoms with Gasteiger partial charge in [-0.2, -0.15) is 0 Å². The van der Waals surface area contributed by atoms with Crippen LogP contribution in [0, 0.1) is 0 Å². The van der Waals surface area contributed by atoms with Gasteiger partial charge in [-0.05, 0) is 48.2 Å². The highest BCUT2D eigenvalue weighted by molar-refractivity contribution is 9.10. The number of hydrogen-bond acceptors (Lipinski definition) is 4. The van der Waals surface area contributed by atoms with E-state index < -0.39 is 0 Å². The van der Waals surface area contributed by atoms with E-state index in [4.69, 9.17) is 9.47 Å². The Balaban J connectivity index is 2.52. The average Bonchev–Trinajstić information content (AvgIpc) is 2.97. The van der Waals surface area contributed by atoms with Gasteiger partial charge in [-0.3, -0.25) is 0 Å². The third-order valence-electron chi connectivity index (χ3n) is 3.53. The summed E-state index contributed by atoms with van der Waals surface area (Å²) >= 11 is 5.43.